The quantitative estimate of drug-likeness (QED) is 0.486. The van der Waals surface area contributed by atoms with Gasteiger partial charge in [0.25, 0.3) is 5.56 Å². The van der Waals surface area contributed by atoms with Crippen LogP contribution in [0.15, 0.2) is 52.5 Å². The number of amides is 1. The minimum absolute atomic E-state index is 0.120. The number of aromatic nitrogens is 3. The van der Waals surface area contributed by atoms with Crippen LogP contribution in [0.3, 0.4) is 0 Å². The highest BCUT2D eigenvalue weighted by atomic mass is 32.2. The largest absolute Gasteiger partial charge is 0.325 e. The average Bonchev–Trinajstić information content (AvgIpc) is 2.68. The zero-order valence-electron chi connectivity index (χ0n) is 16.3. The summed E-state index contributed by atoms with van der Waals surface area (Å²) in [6, 6.07) is 11.3. The Hall–Kier alpha value is -2.67. The van der Waals surface area contributed by atoms with Crippen LogP contribution in [0.25, 0.3) is 11.0 Å². The molecule has 0 aliphatic rings. The van der Waals surface area contributed by atoms with Crippen LogP contribution in [0.4, 0.5) is 5.69 Å². The lowest BCUT2D eigenvalue weighted by Gasteiger charge is -2.14. The number of nitrogens with zero attached hydrogens (tertiary/aromatic N) is 3. The van der Waals surface area contributed by atoms with E-state index in [1.807, 2.05) is 38.1 Å². The normalized spacial score (nSPS) is 11.1. The molecule has 146 valence electrons. The molecule has 0 saturated heterocycles. The van der Waals surface area contributed by atoms with Crippen molar-refractivity contribution in [3.8, 4) is 0 Å². The number of anilines is 1. The Morgan fingerprint density at radius 2 is 2.07 bits per heavy atom. The number of thioether (sulfide) groups is 1. The molecule has 0 fully saturated rings. The summed E-state index contributed by atoms with van der Waals surface area (Å²) in [5, 5.41) is 3.92. The summed E-state index contributed by atoms with van der Waals surface area (Å²) in [6.07, 6.45) is 2.53. The predicted molar refractivity (Wildman–Crippen MR) is 114 cm³/mol. The molecule has 3 aromatic rings. The van der Waals surface area contributed by atoms with Crippen molar-refractivity contribution in [2.45, 2.75) is 38.9 Å². The number of carbonyl (C=O) groups excluding carboxylic acids is 1. The second-order valence-electron chi connectivity index (χ2n) is 6.97. The van der Waals surface area contributed by atoms with Gasteiger partial charge in [0, 0.05) is 18.4 Å². The molecule has 1 amide bonds. The highest BCUT2D eigenvalue weighted by Crippen LogP contribution is 2.19. The van der Waals surface area contributed by atoms with E-state index in [9.17, 15) is 9.59 Å². The second-order valence-corrected chi connectivity index (χ2v) is 7.91. The molecule has 0 bridgehead atoms. The van der Waals surface area contributed by atoms with Gasteiger partial charge >= 0.3 is 0 Å². The lowest BCUT2D eigenvalue weighted by molar-refractivity contribution is -0.113. The number of nitrogens with one attached hydrogen (secondary N) is 1. The van der Waals surface area contributed by atoms with Crippen LogP contribution in [0, 0.1) is 5.92 Å². The molecule has 1 N–H and O–H groups in total. The van der Waals surface area contributed by atoms with Crippen molar-refractivity contribution in [2.75, 3.05) is 11.1 Å². The van der Waals surface area contributed by atoms with Crippen molar-refractivity contribution in [3.63, 3.8) is 0 Å². The third-order valence-electron chi connectivity index (χ3n) is 4.19. The van der Waals surface area contributed by atoms with E-state index in [1.54, 1.807) is 22.9 Å². The molecule has 0 spiro atoms. The van der Waals surface area contributed by atoms with Crippen molar-refractivity contribution < 1.29 is 4.79 Å². The van der Waals surface area contributed by atoms with Gasteiger partial charge in [-0.2, -0.15) is 0 Å². The first kappa shape index (κ1) is 20.1. The van der Waals surface area contributed by atoms with E-state index < -0.39 is 0 Å². The molecular formula is C21H24N4O2S. The average molecular weight is 397 g/mol. The number of pyridine rings is 1. The predicted octanol–water partition coefficient (Wildman–Crippen LogP) is 3.74. The third kappa shape index (κ3) is 4.78. The first-order valence-corrected chi connectivity index (χ1v) is 10.3. The summed E-state index contributed by atoms with van der Waals surface area (Å²) in [5.41, 5.74) is 2.23. The van der Waals surface area contributed by atoms with Crippen LogP contribution in [0.5, 0.6) is 0 Å². The monoisotopic (exact) mass is 396 g/mol. The molecule has 3 rings (SSSR count). The van der Waals surface area contributed by atoms with Gasteiger partial charge in [0.15, 0.2) is 10.8 Å². The Morgan fingerprint density at radius 3 is 2.82 bits per heavy atom. The molecule has 28 heavy (non-hydrogen) atoms. The van der Waals surface area contributed by atoms with Gasteiger partial charge in [-0.25, -0.2) is 9.97 Å². The topological polar surface area (TPSA) is 76.9 Å². The van der Waals surface area contributed by atoms with Gasteiger partial charge in [-0.05, 0) is 42.2 Å². The molecule has 0 atom stereocenters. The highest BCUT2D eigenvalue weighted by Gasteiger charge is 2.15. The van der Waals surface area contributed by atoms with E-state index in [0.717, 1.165) is 12.1 Å². The Bertz CT molecular complexity index is 1050. The molecule has 2 heterocycles. The zero-order chi connectivity index (χ0) is 20.1. The smallest absolute Gasteiger partial charge is 0.263 e. The van der Waals surface area contributed by atoms with Crippen LogP contribution in [0.2, 0.25) is 0 Å². The van der Waals surface area contributed by atoms with Crippen LogP contribution >= 0.6 is 11.8 Å². The summed E-state index contributed by atoms with van der Waals surface area (Å²) in [6.45, 7) is 6.70. The van der Waals surface area contributed by atoms with Crippen molar-refractivity contribution in [1.82, 2.24) is 14.5 Å². The van der Waals surface area contributed by atoms with Gasteiger partial charge in [-0.1, -0.05) is 44.7 Å². The Balaban J connectivity index is 1.80. The van der Waals surface area contributed by atoms with Crippen molar-refractivity contribution in [1.29, 1.82) is 0 Å². The van der Waals surface area contributed by atoms with E-state index in [1.165, 1.54) is 17.3 Å². The maximum Gasteiger partial charge on any atom is 0.263 e. The van der Waals surface area contributed by atoms with Gasteiger partial charge in [0.2, 0.25) is 5.91 Å². The van der Waals surface area contributed by atoms with Crippen molar-refractivity contribution in [2.24, 2.45) is 5.92 Å². The molecule has 0 unspecified atom stereocenters. The molecule has 7 heteroatoms. The second kappa shape index (κ2) is 9.01. The summed E-state index contributed by atoms with van der Waals surface area (Å²) in [5.74, 6) is 0.308. The molecule has 2 aromatic heterocycles. The maximum atomic E-state index is 12.9. The van der Waals surface area contributed by atoms with E-state index in [4.69, 9.17) is 0 Å². The SMILES string of the molecule is CCc1cccc(NC(=O)CSc2nc3ncccc3c(=O)n2CC(C)C)c1. The van der Waals surface area contributed by atoms with E-state index in [0.29, 0.717) is 22.7 Å². The molecule has 0 aliphatic heterocycles. The number of aryl methyl sites for hydroxylation is 1. The lowest BCUT2D eigenvalue weighted by Crippen LogP contribution is -2.26. The van der Waals surface area contributed by atoms with E-state index >= 15 is 0 Å². The van der Waals surface area contributed by atoms with Gasteiger partial charge in [-0.3, -0.25) is 14.2 Å². The standard InChI is InChI=1S/C21H24N4O2S/c1-4-15-7-5-8-16(11-15)23-18(26)13-28-21-24-19-17(9-6-10-22-19)20(27)25(21)12-14(2)3/h5-11,14H,4,12-13H2,1-3H3,(H,23,26). The number of hydrogen-bond donors (Lipinski definition) is 1. The third-order valence-corrected chi connectivity index (χ3v) is 5.17. The highest BCUT2D eigenvalue weighted by molar-refractivity contribution is 7.99. The van der Waals surface area contributed by atoms with Crippen LogP contribution in [0.1, 0.15) is 26.3 Å². The number of carbonyl (C=O) groups is 1. The minimum Gasteiger partial charge on any atom is -0.325 e. The summed E-state index contributed by atoms with van der Waals surface area (Å²) in [4.78, 5) is 34.0. The lowest BCUT2D eigenvalue weighted by atomic mass is 10.1. The summed E-state index contributed by atoms with van der Waals surface area (Å²) >= 11 is 1.26. The minimum atomic E-state index is -0.135. The molecule has 0 aliphatic carbocycles. The number of fused-ring (bicyclic) bond motifs is 1. The van der Waals surface area contributed by atoms with Gasteiger partial charge in [-0.15, -0.1) is 0 Å². The molecular weight excluding hydrogens is 372 g/mol. The summed E-state index contributed by atoms with van der Waals surface area (Å²) in [7, 11) is 0. The van der Waals surface area contributed by atoms with Crippen LogP contribution in [-0.4, -0.2) is 26.2 Å². The van der Waals surface area contributed by atoms with Gasteiger partial charge < -0.3 is 5.32 Å². The molecule has 0 radical (unpaired) electrons. The Labute approximate surface area is 168 Å². The molecule has 0 saturated carbocycles. The maximum absolute atomic E-state index is 12.9. The zero-order valence-corrected chi connectivity index (χ0v) is 17.1. The summed E-state index contributed by atoms with van der Waals surface area (Å²) < 4.78 is 1.64. The van der Waals surface area contributed by atoms with Gasteiger partial charge in [0.1, 0.15) is 0 Å². The first-order valence-electron chi connectivity index (χ1n) is 9.35. The van der Waals surface area contributed by atoms with Crippen molar-refractivity contribution in [3.05, 3.63) is 58.5 Å². The Morgan fingerprint density at radius 1 is 1.25 bits per heavy atom. The number of hydrogen-bond acceptors (Lipinski definition) is 5. The molecule has 6 nitrogen and oxygen atoms in total. The van der Waals surface area contributed by atoms with E-state index in [2.05, 4.69) is 22.2 Å². The van der Waals surface area contributed by atoms with Crippen LogP contribution in [-0.2, 0) is 17.8 Å². The number of rotatable bonds is 7. The van der Waals surface area contributed by atoms with E-state index in [-0.39, 0.29) is 23.1 Å². The molecule has 1 aromatic carbocycles. The van der Waals surface area contributed by atoms with Crippen molar-refractivity contribution >= 4 is 34.4 Å². The van der Waals surface area contributed by atoms with Crippen LogP contribution < -0.4 is 10.9 Å². The first-order chi connectivity index (χ1) is 13.5. The fraction of sp³-hybridized carbons (Fsp3) is 0.333. The fourth-order valence-electron chi connectivity index (χ4n) is 2.87. The Kier molecular flexibility index (Phi) is 6.46. The number of benzene rings is 1. The van der Waals surface area contributed by atoms with Gasteiger partial charge in [0.05, 0.1) is 11.1 Å². The fourth-order valence-corrected chi connectivity index (χ4v) is 3.67.